The molecule has 2 fully saturated rings. The lowest BCUT2D eigenvalue weighted by Gasteiger charge is -2.38. The van der Waals surface area contributed by atoms with E-state index in [1.165, 1.54) is 25.0 Å². The predicted molar refractivity (Wildman–Crippen MR) is 102 cm³/mol. The van der Waals surface area contributed by atoms with Crippen LogP contribution in [0.3, 0.4) is 0 Å². The van der Waals surface area contributed by atoms with Gasteiger partial charge in [-0.05, 0) is 38.9 Å². The van der Waals surface area contributed by atoms with E-state index in [4.69, 9.17) is 0 Å². The number of nitrogens with zero attached hydrogens (tertiary/aromatic N) is 4. The minimum Gasteiger partial charge on any atom is -0.366 e. The maximum Gasteiger partial charge on any atom is 0.193 e. The summed E-state index contributed by atoms with van der Waals surface area (Å²) >= 11 is 0. The predicted octanol–water partition coefficient (Wildman–Crippen LogP) is 2.14. The molecule has 0 amide bonds. The molecule has 2 aliphatic rings. The number of piperazine rings is 1. The Hall–Kier alpha value is -1.89. The van der Waals surface area contributed by atoms with Crippen molar-refractivity contribution in [2.45, 2.75) is 31.8 Å². The highest BCUT2D eigenvalue weighted by Gasteiger charge is 2.29. The number of anilines is 1. The first-order chi connectivity index (χ1) is 12.5. The Bertz CT molecular complexity index is 639. The lowest BCUT2D eigenvalue weighted by Crippen LogP contribution is -2.54. The maximum atomic E-state index is 14.0. The topological polar surface area (TPSA) is 34.1 Å². The molecule has 0 aromatic heterocycles. The number of hydrogen-bond acceptors (Lipinski definition) is 3. The van der Waals surface area contributed by atoms with Crippen LogP contribution in [-0.4, -0.2) is 74.7 Å². The number of guanidine groups is 1. The number of rotatable bonds is 5. The summed E-state index contributed by atoms with van der Waals surface area (Å²) in [6.45, 7) is 5.80. The quantitative estimate of drug-likeness (QED) is 0.640. The van der Waals surface area contributed by atoms with Gasteiger partial charge in [0.2, 0.25) is 0 Å². The highest BCUT2D eigenvalue weighted by Crippen LogP contribution is 2.26. The van der Waals surface area contributed by atoms with Crippen molar-refractivity contribution in [2.75, 3.05) is 51.7 Å². The highest BCUT2D eigenvalue weighted by molar-refractivity contribution is 5.80. The molecule has 144 valence electrons. The first-order valence-corrected chi connectivity index (χ1v) is 9.37. The van der Waals surface area contributed by atoms with Gasteiger partial charge >= 0.3 is 0 Å². The zero-order valence-corrected chi connectivity index (χ0v) is 15.9. The Morgan fingerprint density at radius 3 is 2.58 bits per heavy atom. The van der Waals surface area contributed by atoms with Gasteiger partial charge in [0.1, 0.15) is 11.6 Å². The summed E-state index contributed by atoms with van der Waals surface area (Å²) in [6.07, 6.45) is 2.60. The van der Waals surface area contributed by atoms with Crippen molar-refractivity contribution < 1.29 is 8.78 Å². The molecule has 0 spiro atoms. The molecule has 1 saturated heterocycles. The van der Waals surface area contributed by atoms with Gasteiger partial charge in [-0.3, -0.25) is 9.89 Å². The molecule has 1 aromatic rings. The molecule has 1 aliphatic heterocycles. The van der Waals surface area contributed by atoms with Gasteiger partial charge in [0.25, 0.3) is 0 Å². The minimum atomic E-state index is -0.407. The molecule has 26 heavy (non-hydrogen) atoms. The summed E-state index contributed by atoms with van der Waals surface area (Å²) in [4.78, 5) is 10.9. The Labute approximate surface area is 154 Å². The first-order valence-electron chi connectivity index (χ1n) is 9.37. The van der Waals surface area contributed by atoms with Crippen LogP contribution < -0.4 is 10.2 Å². The van der Waals surface area contributed by atoms with Gasteiger partial charge in [0.15, 0.2) is 5.96 Å². The standard InChI is InChI=1S/C19H29F2N5/c1-14(24(3)16-5-6-16)13-23-19(22-2)26-10-8-25(9-11-26)18-12-15(20)4-7-17(18)21/h4,7,12,14,16H,5-6,8-11,13H2,1-3H3,(H,22,23). The fourth-order valence-electron chi connectivity index (χ4n) is 3.44. The first kappa shape index (κ1) is 18.9. The molecule has 1 unspecified atom stereocenters. The number of likely N-dealkylation sites (N-methyl/N-ethyl adjacent to an activating group) is 1. The van der Waals surface area contributed by atoms with E-state index >= 15 is 0 Å². The second kappa shape index (κ2) is 8.20. The molecule has 1 N–H and O–H groups in total. The van der Waals surface area contributed by atoms with Gasteiger partial charge in [-0.25, -0.2) is 8.78 Å². The van der Waals surface area contributed by atoms with E-state index in [0.29, 0.717) is 24.8 Å². The Kier molecular flexibility index (Phi) is 5.96. The number of aliphatic imine (C=N–C) groups is 1. The summed E-state index contributed by atoms with van der Waals surface area (Å²) < 4.78 is 27.4. The summed E-state index contributed by atoms with van der Waals surface area (Å²) in [7, 11) is 3.97. The molecule has 1 atom stereocenters. The van der Waals surface area contributed by atoms with Gasteiger partial charge in [-0.2, -0.15) is 0 Å². The molecule has 0 radical (unpaired) electrons. The van der Waals surface area contributed by atoms with Crippen molar-refractivity contribution >= 4 is 11.6 Å². The zero-order chi connectivity index (χ0) is 18.7. The lowest BCUT2D eigenvalue weighted by molar-refractivity contribution is 0.245. The van der Waals surface area contributed by atoms with Gasteiger partial charge in [0.05, 0.1) is 5.69 Å². The summed E-state index contributed by atoms with van der Waals surface area (Å²) in [5.41, 5.74) is 0.340. The van der Waals surface area contributed by atoms with E-state index in [-0.39, 0.29) is 5.82 Å². The number of benzene rings is 1. The number of nitrogens with one attached hydrogen (secondary N) is 1. The van der Waals surface area contributed by atoms with E-state index in [0.717, 1.165) is 37.7 Å². The van der Waals surface area contributed by atoms with Crippen LogP contribution >= 0.6 is 0 Å². The van der Waals surface area contributed by atoms with E-state index in [2.05, 4.69) is 34.1 Å². The second-order valence-corrected chi connectivity index (χ2v) is 7.24. The number of halogens is 2. The van der Waals surface area contributed by atoms with Crippen molar-refractivity contribution in [2.24, 2.45) is 4.99 Å². The second-order valence-electron chi connectivity index (χ2n) is 7.24. The Balaban J connectivity index is 1.51. The van der Waals surface area contributed by atoms with E-state index < -0.39 is 5.82 Å². The minimum absolute atomic E-state index is 0.340. The third-order valence-corrected chi connectivity index (χ3v) is 5.41. The molecule has 0 bridgehead atoms. The van der Waals surface area contributed by atoms with E-state index in [9.17, 15) is 8.78 Å². The number of hydrogen-bond donors (Lipinski definition) is 1. The molecule has 1 heterocycles. The van der Waals surface area contributed by atoms with Crippen LogP contribution in [0.1, 0.15) is 19.8 Å². The maximum absolute atomic E-state index is 14.0. The molecule has 7 heteroatoms. The average molecular weight is 365 g/mol. The van der Waals surface area contributed by atoms with E-state index in [1.54, 1.807) is 7.05 Å². The third-order valence-electron chi connectivity index (χ3n) is 5.41. The summed E-state index contributed by atoms with van der Waals surface area (Å²) in [5.74, 6) is 0.0924. The van der Waals surface area contributed by atoms with Crippen LogP contribution in [-0.2, 0) is 0 Å². The fourth-order valence-corrected chi connectivity index (χ4v) is 3.44. The van der Waals surface area contributed by atoms with Crippen molar-refractivity contribution in [3.8, 4) is 0 Å². The van der Waals surface area contributed by atoms with Crippen molar-refractivity contribution in [1.82, 2.24) is 15.1 Å². The largest absolute Gasteiger partial charge is 0.366 e. The Morgan fingerprint density at radius 2 is 1.96 bits per heavy atom. The van der Waals surface area contributed by atoms with Crippen LogP contribution in [0.15, 0.2) is 23.2 Å². The van der Waals surface area contributed by atoms with Gasteiger partial charge in [0, 0.05) is 57.9 Å². The SMILES string of the molecule is CN=C(NCC(C)N(C)C1CC1)N1CCN(c2cc(F)ccc2F)CC1. The molecule has 1 aliphatic carbocycles. The van der Waals surface area contributed by atoms with Gasteiger partial charge in [-0.15, -0.1) is 0 Å². The van der Waals surface area contributed by atoms with Crippen molar-refractivity contribution in [1.29, 1.82) is 0 Å². The molecular formula is C19H29F2N5. The molecular weight excluding hydrogens is 336 g/mol. The normalized spacial score (nSPS) is 19.8. The van der Waals surface area contributed by atoms with Gasteiger partial charge < -0.3 is 15.1 Å². The summed E-state index contributed by atoms with van der Waals surface area (Å²) in [6, 6.07) is 4.80. The molecule has 3 rings (SSSR count). The van der Waals surface area contributed by atoms with Crippen LogP contribution in [0.2, 0.25) is 0 Å². The molecule has 1 saturated carbocycles. The summed E-state index contributed by atoms with van der Waals surface area (Å²) in [5, 5.41) is 3.46. The van der Waals surface area contributed by atoms with Crippen molar-refractivity contribution in [3.63, 3.8) is 0 Å². The zero-order valence-electron chi connectivity index (χ0n) is 15.9. The average Bonchev–Trinajstić information content (AvgIpc) is 3.49. The smallest absolute Gasteiger partial charge is 0.193 e. The fraction of sp³-hybridized carbons (Fsp3) is 0.632. The third kappa shape index (κ3) is 4.44. The molecule has 1 aromatic carbocycles. The van der Waals surface area contributed by atoms with Gasteiger partial charge in [-0.1, -0.05) is 0 Å². The van der Waals surface area contributed by atoms with Crippen LogP contribution in [0.25, 0.3) is 0 Å². The van der Waals surface area contributed by atoms with Crippen LogP contribution in [0, 0.1) is 11.6 Å². The Morgan fingerprint density at radius 1 is 1.27 bits per heavy atom. The molecule has 5 nitrogen and oxygen atoms in total. The van der Waals surface area contributed by atoms with E-state index in [1.807, 2.05) is 4.90 Å². The van der Waals surface area contributed by atoms with Crippen LogP contribution in [0.5, 0.6) is 0 Å². The lowest BCUT2D eigenvalue weighted by atomic mass is 10.2. The monoisotopic (exact) mass is 365 g/mol. The van der Waals surface area contributed by atoms with Crippen molar-refractivity contribution in [3.05, 3.63) is 29.8 Å². The highest BCUT2D eigenvalue weighted by atomic mass is 19.1. The van der Waals surface area contributed by atoms with Crippen LogP contribution in [0.4, 0.5) is 14.5 Å².